The van der Waals surface area contributed by atoms with E-state index in [0.29, 0.717) is 23.9 Å². The van der Waals surface area contributed by atoms with Crippen molar-refractivity contribution in [1.82, 2.24) is 9.88 Å². The van der Waals surface area contributed by atoms with Gasteiger partial charge in [-0.15, -0.1) is 0 Å². The van der Waals surface area contributed by atoms with Crippen LogP contribution in [0.15, 0.2) is 12.3 Å². The van der Waals surface area contributed by atoms with E-state index in [1.807, 2.05) is 0 Å². The van der Waals surface area contributed by atoms with Crippen LogP contribution in [0.2, 0.25) is 5.02 Å². The topological polar surface area (TPSA) is 71.6 Å². The third kappa shape index (κ3) is 2.65. The highest BCUT2D eigenvalue weighted by Gasteiger charge is 2.30. The van der Waals surface area contributed by atoms with Gasteiger partial charge in [0.05, 0.1) is 25.3 Å². The number of aromatic nitrogens is 1. The first-order valence-corrected chi connectivity index (χ1v) is 5.82. The Morgan fingerprint density at radius 2 is 2.39 bits per heavy atom. The number of H-pyrrole nitrogens is 1. The van der Waals surface area contributed by atoms with Gasteiger partial charge >= 0.3 is 5.97 Å². The van der Waals surface area contributed by atoms with Crippen LogP contribution in [0.25, 0.3) is 0 Å². The molecule has 1 fully saturated rings. The molecule has 0 aliphatic carbocycles. The predicted octanol–water partition coefficient (Wildman–Crippen LogP) is 0.682. The molecule has 1 amide bonds. The quantitative estimate of drug-likeness (QED) is 0.804. The van der Waals surface area contributed by atoms with Crippen molar-refractivity contribution in [2.45, 2.75) is 6.10 Å². The number of methoxy groups -OCH3 is 1. The number of ether oxygens (including phenoxy) is 2. The molecule has 2 rings (SSSR count). The van der Waals surface area contributed by atoms with Crippen molar-refractivity contribution in [3.8, 4) is 0 Å². The number of halogens is 1. The molecule has 1 aromatic rings. The standard InChI is InChI=1S/C11H13ClN2O4/c1-17-11(16)9-6-14(2-3-18-9)10(15)8-4-7(12)5-13-8/h4-5,9,13H,2-3,6H2,1H3. The smallest absolute Gasteiger partial charge is 0.336 e. The number of amides is 1. The third-order valence-electron chi connectivity index (χ3n) is 2.70. The zero-order valence-electron chi connectivity index (χ0n) is 9.81. The molecule has 0 radical (unpaired) electrons. The molecule has 2 heterocycles. The fraction of sp³-hybridized carbons (Fsp3) is 0.455. The second kappa shape index (κ2) is 5.41. The van der Waals surface area contributed by atoms with Crippen LogP contribution in [0.4, 0.5) is 0 Å². The lowest BCUT2D eigenvalue weighted by atomic mass is 10.2. The van der Waals surface area contributed by atoms with Crippen molar-refractivity contribution in [3.63, 3.8) is 0 Å². The Balaban J connectivity index is 2.05. The Labute approximate surface area is 109 Å². The van der Waals surface area contributed by atoms with E-state index in [1.165, 1.54) is 18.2 Å². The number of morpholine rings is 1. The van der Waals surface area contributed by atoms with Gasteiger partial charge in [0.2, 0.25) is 0 Å². The molecule has 1 aromatic heterocycles. The highest BCUT2D eigenvalue weighted by Crippen LogP contribution is 2.14. The Kier molecular flexibility index (Phi) is 3.88. The number of hydrogen-bond acceptors (Lipinski definition) is 4. The Hall–Kier alpha value is -1.53. The summed E-state index contributed by atoms with van der Waals surface area (Å²) in [5.74, 6) is -0.684. The highest BCUT2D eigenvalue weighted by molar-refractivity contribution is 6.30. The van der Waals surface area contributed by atoms with Gasteiger partial charge in [-0.2, -0.15) is 0 Å². The monoisotopic (exact) mass is 272 g/mol. The van der Waals surface area contributed by atoms with Crippen LogP contribution in [-0.4, -0.2) is 54.7 Å². The summed E-state index contributed by atoms with van der Waals surface area (Å²) >= 11 is 5.74. The lowest BCUT2D eigenvalue weighted by molar-refractivity contribution is -0.158. The van der Waals surface area contributed by atoms with E-state index >= 15 is 0 Å². The summed E-state index contributed by atoms with van der Waals surface area (Å²) in [6, 6.07) is 1.55. The first-order chi connectivity index (χ1) is 8.61. The minimum atomic E-state index is -0.724. The van der Waals surface area contributed by atoms with Gasteiger partial charge in [-0.25, -0.2) is 4.79 Å². The molecule has 1 N–H and O–H groups in total. The lowest BCUT2D eigenvalue weighted by Gasteiger charge is -2.31. The molecular weight excluding hydrogens is 260 g/mol. The average Bonchev–Trinajstić information content (AvgIpc) is 2.83. The van der Waals surface area contributed by atoms with Gasteiger partial charge in [-0.3, -0.25) is 4.79 Å². The predicted molar refractivity (Wildman–Crippen MR) is 63.5 cm³/mol. The van der Waals surface area contributed by atoms with Gasteiger partial charge in [0.25, 0.3) is 5.91 Å². The molecule has 18 heavy (non-hydrogen) atoms. The van der Waals surface area contributed by atoms with Gasteiger partial charge in [-0.1, -0.05) is 11.6 Å². The van der Waals surface area contributed by atoms with E-state index in [0.717, 1.165) is 0 Å². The van der Waals surface area contributed by atoms with Crippen LogP contribution in [-0.2, 0) is 14.3 Å². The third-order valence-corrected chi connectivity index (χ3v) is 2.91. The van der Waals surface area contributed by atoms with E-state index in [-0.39, 0.29) is 12.5 Å². The largest absolute Gasteiger partial charge is 0.467 e. The zero-order valence-corrected chi connectivity index (χ0v) is 10.6. The highest BCUT2D eigenvalue weighted by atomic mass is 35.5. The summed E-state index contributed by atoms with van der Waals surface area (Å²) in [5, 5.41) is 0.469. The Morgan fingerprint density at radius 3 is 3.00 bits per heavy atom. The second-order valence-corrected chi connectivity index (χ2v) is 4.30. The molecule has 0 spiro atoms. The van der Waals surface area contributed by atoms with Crippen LogP contribution in [0.3, 0.4) is 0 Å². The molecule has 0 saturated carbocycles. The number of aromatic amines is 1. The van der Waals surface area contributed by atoms with Gasteiger partial charge in [0, 0.05) is 12.7 Å². The number of esters is 1. The maximum Gasteiger partial charge on any atom is 0.336 e. The van der Waals surface area contributed by atoms with Crippen molar-refractivity contribution in [2.24, 2.45) is 0 Å². The number of nitrogens with zero attached hydrogens (tertiary/aromatic N) is 1. The molecule has 1 aliphatic heterocycles. The molecule has 0 bridgehead atoms. The van der Waals surface area contributed by atoms with Gasteiger partial charge < -0.3 is 19.4 Å². The van der Waals surface area contributed by atoms with Crippen LogP contribution in [0.1, 0.15) is 10.5 Å². The summed E-state index contributed by atoms with van der Waals surface area (Å²) < 4.78 is 9.84. The summed E-state index contributed by atoms with van der Waals surface area (Å²) in [7, 11) is 1.29. The summed E-state index contributed by atoms with van der Waals surface area (Å²) in [6.07, 6.45) is 0.811. The second-order valence-electron chi connectivity index (χ2n) is 3.87. The first-order valence-electron chi connectivity index (χ1n) is 5.44. The summed E-state index contributed by atoms with van der Waals surface area (Å²) in [5.41, 5.74) is 0.394. The van der Waals surface area contributed by atoms with E-state index in [1.54, 1.807) is 6.07 Å². The molecule has 6 nitrogen and oxygen atoms in total. The average molecular weight is 273 g/mol. The van der Waals surface area contributed by atoms with E-state index in [2.05, 4.69) is 9.72 Å². The molecule has 0 aromatic carbocycles. The minimum absolute atomic E-state index is 0.183. The number of carbonyl (C=O) groups excluding carboxylic acids is 2. The van der Waals surface area contributed by atoms with Crippen LogP contribution in [0, 0.1) is 0 Å². The van der Waals surface area contributed by atoms with Gasteiger partial charge in [0.1, 0.15) is 5.69 Å². The first kappa shape index (κ1) is 12.9. The van der Waals surface area contributed by atoms with Crippen LogP contribution < -0.4 is 0 Å². The van der Waals surface area contributed by atoms with Gasteiger partial charge in [0.15, 0.2) is 6.10 Å². The molecular formula is C11H13ClN2O4. The van der Waals surface area contributed by atoms with E-state index < -0.39 is 12.1 Å². The molecule has 1 aliphatic rings. The molecule has 1 unspecified atom stereocenters. The summed E-state index contributed by atoms with van der Waals surface area (Å²) in [4.78, 5) is 27.8. The van der Waals surface area contributed by atoms with Crippen LogP contribution >= 0.6 is 11.6 Å². The molecule has 1 atom stereocenters. The maximum absolute atomic E-state index is 12.1. The summed E-state index contributed by atoms with van der Waals surface area (Å²) in [6.45, 7) is 0.922. The van der Waals surface area contributed by atoms with E-state index in [9.17, 15) is 9.59 Å². The Morgan fingerprint density at radius 1 is 1.61 bits per heavy atom. The molecule has 7 heteroatoms. The van der Waals surface area contributed by atoms with Gasteiger partial charge in [-0.05, 0) is 6.07 Å². The number of hydrogen-bond donors (Lipinski definition) is 1. The van der Waals surface area contributed by atoms with Crippen molar-refractivity contribution >= 4 is 23.5 Å². The zero-order chi connectivity index (χ0) is 13.1. The number of carbonyl (C=O) groups is 2. The minimum Gasteiger partial charge on any atom is -0.467 e. The van der Waals surface area contributed by atoms with Crippen LogP contribution in [0.5, 0.6) is 0 Å². The maximum atomic E-state index is 12.1. The molecule has 98 valence electrons. The number of rotatable bonds is 2. The van der Waals surface area contributed by atoms with Crippen molar-refractivity contribution in [2.75, 3.05) is 26.8 Å². The SMILES string of the molecule is COC(=O)C1CN(C(=O)c2cc(Cl)c[nH]2)CCO1. The Bertz CT molecular complexity index is 460. The van der Waals surface area contributed by atoms with Crippen molar-refractivity contribution < 1.29 is 19.1 Å². The van der Waals surface area contributed by atoms with E-state index in [4.69, 9.17) is 16.3 Å². The fourth-order valence-corrected chi connectivity index (χ4v) is 1.93. The molecule has 1 saturated heterocycles. The number of nitrogens with one attached hydrogen (secondary N) is 1. The lowest BCUT2D eigenvalue weighted by Crippen LogP contribution is -2.49. The fourth-order valence-electron chi connectivity index (χ4n) is 1.77. The van der Waals surface area contributed by atoms with Crippen molar-refractivity contribution in [1.29, 1.82) is 0 Å². The normalized spacial score (nSPS) is 19.7. The van der Waals surface area contributed by atoms with Crippen molar-refractivity contribution in [3.05, 3.63) is 23.0 Å².